The summed E-state index contributed by atoms with van der Waals surface area (Å²) in [4.78, 5) is 0. The Morgan fingerprint density at radius 2 is 0.969 bits per heavy atom. The molecule has 0 N–H and O–H groups in total. The molecule has 3 fully saturated rings. The normalized spacial score (nSPS) is 21.9. The molecule has 0 amide bonds. The fourth-order valence-electron chi connectivity index (χ4n) is 16.5. The van der Waals surface area contributed by atoms with E-state index in [0.717, 1.165) is 24.0 Å². The van der Waals surface area contributed by atoms with Crippen molar-refractivity contribution in [3.8, 4) is 34.4 Å². The molecule has 0 saturated heterocycles. The second-order valence-electron chi connectivity index (χ2n) is 22.9. The molecule has 13 rings (SSSR count). The third kappa shape index (κ3) is 5.51. The highest BCUT2D eigenvalue weighted by Crippen LogP contribution is 2.62. The molecule has 0 aliphatic heterocycles. The molecule has 2 heterocycles. The van der Waals surface area contributed by atoms with E-state index in [1.54, 1.807) is 5.56 Å². The van der Waals surface area contributed by atoms with E-state index in [1.807, 2.05) is 0 Å². The van der Waals surface area contributed by atoms with Crippen LogP contribution in [0.25, 0.3) is 60.3 Å². The number of fused-ring (bicyclic) bond motifs is 16. The van der Waals surface area contributed by atoms with Gasteiger partial charge in [0.05, 0.1) is 39.8 Å². The van der Waals surface area contributed by atoms with Crippen molar-refractivity contribution in [1.82, 2.24) is 4.40 Å². The Bertz CT molecular complexity index is 3170. The van der Waals surface area contributed by atoms with Crippen LogP contribution in [0.5, 0.6) is 0 Å². The number of nitriles is 2. The zero-order chi connectivity index (χ0) is 43.7. The summed E-state index contributed by atoms with van der Waals surface area (Å²) >= 11 is 0. The zero-order valence-corrected chi connectivity index (χ0v) is 39.2. The molecular weight excluding hydrogens is 787 g/mol. The average Bonchev–Trinajstić information content (AvgIpc) is 3.94. The van der Waals surface area contributed by atoms with Gasteiger partial charge in [-0.2, -0.15) is 10.5 Å². The maximum atomic E-state index is 11.5. The van der Waals surface area contributed by atoms with Crippen LogP contribution in [0, 0.1) is 22.7 Å². The van der Waals surface area contributed by atoms with Crippen molar-refractivity contribution < 1.29 is 0 Å². The van der Waals surface area contributed by atoms with Crippen molar-refractivity contribution in [2.45, 2.75) is 190 Å². The number of nitrogens with zero attached hydrogens (tertiary/aromatic N) is 3. The van der Waals surface area contributed by atoms with Gasteiger partial charge in [0.25, 0.3) is 0 Å². The van der Waals surface area contributed by atoms with Gasteiger partial charge in [-0.15, -0.1) is 0 Å². The molecule has 3 spiro atoms. The van der Waals surface area contributed by atoms with Gasteiger partial charge < -0.3 is 4.40 Å². The van der Waals surface area contributed by atoms with E-state index in [9.17, 15) is 10.5 Å². The predicted molar refractivity (Wildman–Crippen MR) is 268 cm³/mol. The summed E-state index contributed by atoms with van der Waals surface area (Å²) in [6, 6.07) is 32.1. The number of hydrogen-bond acceptors (Lipinski definition) is 2. The van der Waals surface area contributed by atoms with Gasteiger partial charge in [-0.05, 0) is 167 Å². The maximum absolute atomic E-state index is 11.5. The van der Waals surface area contributed by atoms with Crippen LogP contribution in [0.1, 0.15) is 206 Å². The van der Waals surface area contributed by atoms with E-state index in [0.29, 0.717) is 0 Å². The van der Waals surface area contributed by atoms with E-state index in [-0.39, 0.29) is 21.7 Å². The molecule has 0 bridgehead atoms. The monoisotopic (exact) mass is 852 g/mol. The van der Waals surface area contributed by atoms with E-state index in [4.69, 9.17) is 0 Å². The Kier molecular flexibility index (Phi) is 9.08. The van der Waals surface area contributed by atoms with Crippen molar-refractivity contribution in [3.05, 3.63) is 111 Å². The van der Waals surface area contributed by atoms with Gasteiger partial charge in [0.1, 0.15) is 0 Å². The highest BCUT2D eigenvalue weighted by molar-refractivity contribution is 6.26. The first-order chi connectivity index (χ1) is 31.8. The minimum Gasteiger partial charge on any atom is -0.308 e. The molecule has 3 heteroatoms. The summed E-state index contributed by atoms with van der Waals surface area (Å²) in [5, 5.41) is 28.5. The van der Waals surface area contributed by atoms with Crippen molar-refractivity contribution in [2.75, 3.05) is 0 Å². The molecule has 0 unspecified atom stereocenters. The van der Waals surface area contributed by atoms with Crippen LogP contribution in [0.3, 0.4) is 0 Å². The molecule has 65 heavy (non-hydrogen) atoms. The lowest BCUT2D eigenvalue weighted by molar-refractivity contribution is 0.177. The van der Waals surface area contributed by atoms with Crippen LogP contribution in [0.2, 0.25) is 0 Å². The Labute approximate surface area is 386 Å². The second-order valence-corrected chi connectivity index (χ2v) is 22.9. The first-order valence-electron chi connectivity index (χ1n) is 26.3. The van der Waals surface area contributed by atoms with Gasteiger partial charge in [-0.3, -0.25) is 0 Å². The molecule has 3 nitrogen and oxygen atoms in total. The third-order valence-corrected chi connectivity index (χ3v) is 19.4. The Morgan fingerprint density at radius 3 is 1.62 bits per heavy atom. The summed E-state index contributed by atoms with van der Waals surface area (Å²) in [7, 11) is 0. The van der Waals surface area contributed by atoms with Crippen molar-refractivity contribution >= 4 is 38.1 Å². The van der Waals surface area contributed by atoms with Crippen molar-refractivity contribution in [2.24, 2.45) is 0 Å². The number of rotatable bonds is 1. The summed E-state index contributed by atoms with van der Waals surface area (Å²) < 4.78 is 2.61. The summed E-state index contributed by atoms with van der Waals surface area (Å²) in [5.41, 5.74) is 19.9. The van der Waals surface area contributed by atoms with E-state index in [1.165, 1.54) is 229 Å². The summed E-state index contributed by atoms with van der Waals surface area (Å²) in [6.45, 7) is 4.82. The van der Waals surface area contributed by atoms with Gasteiger partial charge in [0.2, 0.25) is 0 Å². The lowest BCUT2D eigenvalue weighted by Gasteiger charge is -2.52. The Hall–Kier alpha value is -5.12. The molecule has 6 aliphatic rings. The summed E-state index contributed by atoms with van der Waals surface area (Å²) in [6.07, 6.45) is 29.7. The zero-order valence-electron chi connectivity index (χ0n) is 39.2. The van der Waals surface area contributed by atoms with E-state index < -0.39 is 0 Å². The van der Waals surface area contributed by atoms with E-state index in [2.05, 4.69) is 97.1 Å². The predicted octanol–water partition coefficient (Wildman–Crippen LogP) is 16.8. The molecule has 0 atom stereocenters. The largest absolute Gasteiger partial charge is 0.308 e. The molecule has 2 aromatic heterocycles. The fraction of sp³-hybridized carbons (Fsp3) is 0.484. The number of hydrogen-bond donors (Lipinski definition) is 0. The number of aryl methyl sites for hydroxylation is 1. The molecule has 6 aliphatic carbocycles. The minimum atomic E-state index is -0.0883. The second kappa shape index (κ2) is 14.7. The van der Waals surface area contributed by atoms with Crippen LogP contribution in [-0.2, 0) is 28.1 Å². The molecule has 3 saturated carbocycles. The van der Waals surface area contributed by atoms with Crippen LogP contribution in [0.4, 0.5) is 0 Å². The van der Waals surface area contributed by atoms with Crippen LogP contribution >= 0.6 is 0 Å². The highest BCUT2D eigenvalue weighted by Gasteiger charge is 2.50. The van der Waals surface area contributed by atoms with E-state index >= 15 is 0 Å². The molecule has 0 radical (unpaired) electrons. The number of benzene rings is 5. The molecule has 7 aromatic rings. The van der Waals surface area contributed by atoms with Crippen molar-refractivity contribution in [3.63, 3.8) is 0 Å². The lowest BCUT2D eigenvalue weighted by atomic mass is 9.52. The average molecular weight is 852 g/mol. The quantitative estimate of drug-likeness (QED) is 0.165. The van der Waals surface area contributed by atoms with Crippen LogP contribution in [-0.4, -0.2) is 4.40 Å². The molecular formula is C62H65N3. The molecule has 5 aromatic carbocycles. The van der Waals surface area contributed by atoms with Gasteiger partial charge in [0, 0.05) is 27.0 Å². The lowest BCUT2D eigenvalue weighted by Crippen LogP contribution is -2.43. The Balaban J connectivity index is 1.23. The van der Waals surface area contributed by atoms with Crippen molar-refractivity contribution in [1.29, 1.82) is 10.5 Å². The van der Waals surface area contributed by atoms with Gasteiger partial charge in [-0.25, -0.2) is 0 Å². The smallest absolute Gasteiger partial charge is 0.0995 e. The summed E-state index contributed by atoms with van der Waals surface area (Å²) in [5.74, 6) is 0. The van der Waals surface area contributed by atoms with Gasteiger partial charge >= 0.3 is 0 Å². The third-order valence-electron chi connectivity index (χ3n) is 19.4. The SMILES string of the molecule is CC1(C)c2ccccc2-c2c(-c3cc4c5c6c(c(C#N)cc5n5c7cc(C#N)c8c(c7c(c3)c45)C3(CCCCC3)CCC83CCCCC3)C3(CCCCCCC6)CCCCC3)cccc21. The number of aromatic nitrogens is 1. The first-order valence-corrected chi connectivity index (χ1v) is 26.3. The van der Waals surface area contributed by atoms with Gasteiger partial charge in [-0.1, -0.05) is 140 Å². The maximum Gasteiger partial charge on any atom is 0.0995 e. The Morgan fingerprint density at radius 1 is 0.477 bits per heavy atom. The topological polar surface area (TPSA) is 52.0 Å². The first kappa shape index (κ1) is 40.2. The van der Waals surface area contributed by atoms with Crippen LogP contribution < -0.4 is 0 Å². The minimum absolute atomic E-state index is 0.0609. The van der Waals surface area contributed by atoms with Gasteiger partial charge in [0.15, 0.2) is 0 Å². The van der Waals surface area contributed by atoms with Crippen LogP contribution in [0.15, 0.2) is 66.7 Å². The fourth-order valence-corrected chi connectivity index (χ4v) is 16.5. The molecule has 328 valence electrons. The standard InChI is InChI=1S/C62H65N3/c1-59(2)48-23-11-10-20-44(48)52-43(22-19-24-49(52)59)40-34-46-53-45-21-9-4-3-5-12-25-60(26-13-6-14-27-60)55(45)41(38-63)36-50(53)65-51-37-42(39-64)56-57(54(51)47(35-40)58(46)65)62(30-17-8-18-31-62)33-32-61(56)28-15-7-16-29-61/h10-11,19-20,22-24,34-37H,3-9,12-18,21,25-33H2,1-2H3. The highest BCUT2D eigenvalue weighted by atomic mass is 14.9.